The first-order valence-corrected chi connectivity index (χ1v) is 6.70. The van der Waals surface area contributed by atoms with Crippen LogP contribution in [-0.2, 0) is 12.8 Å². The quantitative estimate of drug-likeness (QED) is 0.848. The molecule has 1 aromatic heterocycles. The maximum absolute atomic E-state index is 5.32. The van der Waals surface area contributed by atoms with Crippen molar-refractivity contribution in [3.05, 3.63) is 46.3 Å². The van der Waals surface area contributed by atoms with E-state index in [2.05, 4.69) is 38.0 Å². The lowest BCUT2D eigenvalue weighted by atomic mass is 10.1. The molecule has 100 valence electrons. The van der Waals surface area contributed by atoms with Gasteiger partial charge in [-0.15, -0.1) is 0 Å². The molecule has 0 atom stereocenters. The molecule has 0 bridgehead atoms. The average Bonchev–Trinajstić information content (AvgIpc) is 2.46. The summed E-state index contributed by atoms with van der Waals surface area (Å²) in [5.74, 6) is 1.09. The standard InChI is InChI=1S/C14H15BrN2O2/c1-18-13-12(16-9-17-14(13)19-2)8-5-10-3-6-11(15)7-4-10/h3-4,6-7,9H,5,8H2,1-2H3. The molecule has 0 amide bonds. The van der Waals surface area contributed by atoms with Crippen LogP contribution in [0.4, 0.5) is 0 Å². The molecule has 0 spiro atoms. The largest absolute Gasteiger partial charge is 0.490 e. The highest BCUT2D eigenvalue weighted by atomic mass is 79.9. The molecular formula is C14H15BrN2O2. The highest BCUT2D eigenvalue weighted by Gasteiger charge is 2.12. The van der Waals surface area contributed by atoms with Crippen LogP contribution in [0.1, 0.15) is 11.3 Å². The number of halogens is 1. The van der Waals surface area contributed by atoms with Crippen molar-refractivity contribution in [2.45, 2.75) is 12.8 Å². The van der Waals surface area contributed by atoms with Crippen LogP contribution >= 0.6 is 15.9 Å². The van der Waals surface area contributed by atoms with Crippen molar-refractivity contribution >= 4 is 15.9 Å². The van der Waals surface area contributed by atoms with Crippen LogP contribution < -0.4 is 9.47 Å². The van der Waals surface area contributed by atoms with E-state index in [0.29, 0.717) is 11.6 Å². The summed E-state index contributed by atoms with van der Waals surface area (Å²) < 4.78 is 11.6. The molecule has 2 aromatic rings. The van der Waals surface area contributed by atoms with Gasteiger partial charge in [-0.25, -0.2) is 4.98 Å². The van der Waals surface area contributed by atoms with Gasteiger partial charge in [0.2, 0.25) is 5.75 Å². The van der Waals surface area contributed by atoms with Crippen LogP contribution in [0.5, 0.6) is 11.6 Å². The lowest BCUT2D eigenvalue weighted by molar-refractivity contribution is 0.337. The Morgan fingerprint density at radius 1 is 1.00 bits per heavy atom. The molecule has 0 aliphatic heterocycles. The molecule has 0 saturated heterocycles. The molecule has 1 aromatic carbocycles. The van der Waals surface area contributed by atoms with E-state index in [1.165, 1.54) is 11.9 Å². The average molecular weight is 323 g/mol. The Morgan fingerprint density at radius 2 is 1.74 bits per heavy atom. The molecule has 5 heteroatoms. The van der Waals surface area contributed by atoms with E-state index in [-0.39, 0.29) is 0 Å². The van der Waals surface area contributed by atoms with Gasteiger partial charge in [-0.3, -0.25) is 0 Å². The fourth-order valence-electron chi connectivity index (χ4n) is 1.83. The van der Waals surface area contributed by atoms with Crippen molar-refractivity contribution in [3.63, 3.8) is 0 Å². The maximum Gasteiger partial charge on any atom is 0.260 e. The molecule has 4 nitrogen and oxygen atoms in total. The lowest BCUT2D eigenvalue weighted by Gasteiger charge is -2.10. The number of hydrogen-bond acceptors (Lipinski definition) is 4. The first-order chi connectivity index (χ1) is 9.24. The molecule has 0 aliphatic carbocycles. The summed E-state index contributed by atoms with van der Waals surface area (Å²) >= 11 is 3.43. The van der Waals surface area contributed by atoms with Crippen molar-refractivity contribution in [2.75, 3.05) is 14.2 Å². The van der Waals surface area contributed by atoms with Gasteiger partial charge in [0.15, 0.2) is 0 Å². The molecule has 0 radical (unpaired) electrons. The Labute approximate surface area is 120 Å². The molecule has 0 N–H and O–H groups in total. The summed E-state index contributed by atoms with van der Waals surface area (Å²) in [5.41, 5.74) is 2.11. The summed E-state index contributed by atoms with van der Waals surface area (Å²) in [6.07, 6.45) is 3.17. The smallest absolute Gasteiger partial charge is 0.260 e. The van der Waals surface area contributed by atoms with Gasteiger partial charge in [-0.2, -0.15) is 4.98 Å². The second kappa shape index (κ2) is 6.52. The first kappa shape index (κ1) is 13.8. The maximum atomic E-state index is 5.32. The van der Waals surface area contributed by atoms with Crippen LogP contribution in [0.3, 0.4) is 0 Å². The third kappa shape index (κ3) is 3.44. The van der Waals surface area contributed by atoms with E-state index in [0.717, 1.165) is 23.0 Å². The predicted molar refractivity (Wildman–Crippen MR) is 76.7 cm³/mol. The number of aryl methyl sites for hydroxylation is 2. The van der Waals surface area contributed by atoms with Gasteiger partial charge in [0, 0.05) is 4.47 Å². The summed E-state index contributed by atoms with van der Waals surface area (Å²) in [5, 5.41) is 0. The predicted octanol–water partition coefficient (Wildman–Crippen LogP) is 3.04. The highest BCUT2D eigenvalue weighted by Crippen LogP contribution is 2.27. The van der Waals surface area contributed by atoms with Crippen molar-refractivity contribution in [3.8, 4) is 11.6 Å². The van der Waals surface area contributed by atoms with E-state index >= 15 is 0 Å². The molecule has 0 aliphatic rings. The summed E-state index contributed by atoms with van der Waals surface area (Å²) in [7, 11) is 3.17. The zero-order valence-corrected chi connectivity index (χ0v) is 12.5. The Hall–Kier alpha value is -1.62. The highest BCUT2D eigenvalue weighted by molar-refractivity contribution is 9.10. The minimum absolute atomic E-state index is 0.475. The molecule has 0 saturated carbocycles. The Morgan fingerprint density at radius 3 is 2.37 bits per heavy atom. The van der Waals surface area contributed by atoms with Gasteiger partial charge in [0.1, 0.15) is 6.33 Å². The fraction of sp³-hybridized carbons (Fsp3) is 0.286. The zero-order chi connectivity index (χ0) is 13.7. The van der Waals surface area contributed by atoms with Gasteiger partial charge < -0.3 is 9.47 Å². The SMILES string of the molecule is COc1ncnc(CCc2ccc(Br)cc2)c1OC. The molecule has 0 unspecified atom stereocenters. The van der Waals surface area contributed by atoms with Crippen molar-refractivity contribution in [1.82, 2.24) is 9.97 Å². The summed E-state index contributed by atoms with van der Waals surface area (Å²) in [6, 6.07) is 8.25. The van der Waals surface area contributed by atoms with Crippen molar-refractivity contribution in [1.29, 1.82) is 0 Å². The molecule has 2 rings (SSSR count). The number of methoxy groups -OCH3 is 2. The lowest BCUT2D eigenvalue weighted by Crippen LogP contribution is -2.02. The number of aromatic nitrogens is 2. The Bertz CT molecular complexity index is 544. The minimum Gasteiger partial charge on any atom is -0.490 e. The second-order valence-corrected chi connectivity index (χ2v) is 4.91. The number of ether oxygens (including phenoxy) is 2. The second-order valence-electron chi connectivity index (χ2n) is 3.99. The number of hydrogen-bond donors (Lipinski definition) is 0. The topological polar surface area (TPSA) is 44.2 Å². The number of nitrogens with zero attached hydrogens (tertiary/aromatic N) is 2. The van der Waals surface area contributed by atoms with Crippen LogP contribution in [0.2, 0.25) is 0 Å². The summed E-state index contributed by atoms with van der Waals surface area (Å²) in [6.45, 7) is 0. The van der Waals surface area contributed by atoms with Crippen LogP contribution in [0.25, 0.3) is 0 Å². The molecule has 0 fully saturated rings. The molecular weight excluding hydrogens is 308 g/mol. The zero-order valence-electron chi connectivity index (χ0n) is 10.9. The fourth-order valence-corrected chi connectivity index (χ4v) is 2.10. The van der Waals surface area contributed by atoms with Crippen LogP contribution in [0, 0.1) is 0 Å². The van der Waals surface area contributed by atoms with E-state index in [1.54, 1.807) is 14.2 Å². The van der Waals surface area contributed by atoms with Gasteiger partial charge in [0.25, 0.3) is 5.88 Å². The van der Waals surface area contributed by atoms with E-state index in [9.17, 15) is 0 Å². The first-order valence-electron chi connectivity index (χ1n) is 5.91. The van der Waals surface area contributed by atoms with E-state index in [4.69, 9.17) is 9.47 Å². The van der Waals surface area contributed by atoms with E-state index in [1.807, 2.05) is 12.1 Å². The van der Waals surface area contributed by atoms with Crippen molar-refractivity contribution in [2.24, 2.45) is 0 Å². The van der Waals surface area contributed by atoms with Gasteiger partial charge in [0.05, 0.1) is 19.9 Å². The normalized spacial score (nSPS) is 10.3. The van der Waals surface area contributed by atoms with Gasteiger partial charge in [-0.05, 0) is 30.5 Å². The number of rotatable bonds is 5. The third-order valence-corrected chi connectivity index (χ3v) is 3.33. The van der Waals surface area contributed by atoms with Gasteiger partial charge >= 0.3 is 0 Å². The minimum atomic E-state index is 0.475. The Balaban J connectivity index is 2.13. The third-order valence-electron chi connectivity index (χ3n) is 2.81. The molecule has 1 heterocycles. The van der Waals surface area contributed by atoms with Crippen LogP contribution in [-0.4, -0.2) is 24.2 Å². The Kier molecular flexibility index (Phi) is 4.74. The monoisotopic (exact) mass is 322 g/mol. The molecule has 19 heavy (non-hydrogen) atoms. The number of benzene rings is 1. The van der Waals surface area contributed by atoms with E-state index < -0.39 is 0 Å². The summed E-state index contributed by atoms with van der Waals surface area (Å²) in [4.78, 5) is 8.30. The van der Waals surface area contributed by atoms with Crippen molar-refractivity contribution < 1.29 is 9.47 Å². The van der Waals surface area contributed by atoms with Gasteiger partial charge in [-0.1, -0.05) is 28.1 Å². The van der Waals surface area contributed by atoms with Crippen LogP contribution in [0.15, 0.2) is 35.1 Å².